The van der Waals surface area contributed by atoms with Crippen LogP contribution in [0.2, 0.25) is 0 Å². The molecule has 0 heterocycles. The highest BCUT2D eigenvalue weighted by Gasteiger charge is 2.10. The van der Waals surface area contributed by atoms with Gasteiger partial charge in [0, 0.05) is 20.0 Å². The Kier molecular flexibility index (Phi) is 6.86. The number of likely N-dealkylation sites (N-methyl/N-ethyl adjacent to an activating group) is 1. The molecule has 0 fully saturated rings. The summed E-state index contributed by atoms with van der Waals surface area (Å²) >= 11 is 0. The zero-order valence-electron chi connectivity index (χ0n) is 9.70. The van der Waals surface area contributed by atoms with Crippen LogP contribution in [0.25, 0.3) is 0 Å². The zero-order chi connectivity index (χ0) is 12.6. The lowest BCUT2D eigenvalue weighted by Gasteiger charge is -2.14. The first-order valence-electron chi connectivity index (χ1n) is 4.76. The maximum absolute atomic E-state index is 11.2. The molecule has 7 nitrogen and oxygen atoms in total. The fraction of sp³-hybridized carbons (Fsp3) is 0.667. The molecule has 0 radical (unpaired) electrons. The molecule has 0 aliphatic heterocycles. The van der Waals surface area contributed by atoms with Crippen LogP contribution in [0.4, 0.5) is 4.79 Å². The van der Waals surface area contributed by atoms with Gasteiger partial charge in [0.2, 0.25) is 5.91 Å². The fourth-order valence-electron chi connectivity index (χ4n) is 0.908. The molecule has 0 aromatic carbocycles. The highest BCUT2D eigenvalue weighted by atomic mass is 16.5. The summed E-state index contributed by atoms with van der Waals surface area (Å²) in [5.41, 5.74) is 0. The summed E-state index contributed by atoms with van der Waals surface area (Å²) in [6, 6.07) is -0.541. The molecule has 0 atom stereocenters. The van der Waals surface area contributed by atoms with Crippen LogP contribution in [0.1, 0.15) is 6.42 Å². The number of carbonyl (C=O) groups excluding carboxylic acids is 3. The van der Waals surface area contributed by atoms with Gasteiger partial charge in [0.1, 0.15) is 0 Å². The largest absolute Gasteiger partial charge is 0.468 e. The minimum Gasteiger partial charge on any atom is -0.468 e. The Morgan fingerprint density at radius 3 is 2.44 bits per heavy atom. The van der Waals surface area contributed by atoms with Crippen LogP contribution in [0.5, 0.6) is 0 Å². The van der Waals surface area contributed by atoms with Crippen LogP contribution in [0, 0.1) is 0 Å². The normalized spacial score (nSPS) is 9.75. The number of rotatable bonds is 5. The maximum atomic E-state index is 11.2. The Labute approximate surface area is 94.1 Å². The number of nitrogens with one attached hydrogen (secondary N) is 2. The number of hydrogen-bond acceptors (Lipinski definition) is 5. The summed E-state index contributed by atoms with van der Waals surface area (Å²) in [5, 5.41) is 4.39. The molecule has 0 aromatic heterocycles. The van der Waals surface area contributed by atoms with Gasteiger partial charge in [-0.2, -0.15) is 0 Å². The molecule has 0 aliphatic carbocycles. The lowest BCUT2D eigenvalue weighted by molar-refractivity contribution is -0.141. The van der Waals surface area contributed by atoms with E-state index in [-0.39, 0.29) is 18.9 Å². The van der Waals surface area contributed by atoms with Crippen molar-refractivity contribution >= 4 is 17.9 Å². The molecule has 0 unspecified atom stereocenters. The summed E-state index contributed by atoms with van der Waals surface area (Å²) in [7, 11) is 4.41. The number of carbonyl (C=O) groups is 3. The Hall–Kier alpha value is -1.63. The molecule has 0 bridgehead atoms. The standard InChI is InChI=1S/C9H17N3O4/c1-10-9(15)11-7(13)4-5-12(2)6-8(14)16-3/h4-6H2,1-3H3,(H2,10,11,13,15). The van der Waals surface area contributed by atoms with E-state index in [1.807, 2.05) is 0 Å². The molecule has 0 spiro atoms. The Balaban J connectivity index is 3.74. The van der Waals surface area contributed by atoms with E-state index in [2.05, 4.69) is 15.4 Å². The van der Waals surface area contributed by atoms with Crippen molar-refractivity contribution in [3.8, 4) is 0 Å². The highest BCUT2D eigenvalue weighted by Crippen LogP contribution is 1.89. The van der Waals surface area contributed by atoms with Crippen molar-refractivity contribution in [1.29, 1.82) is 0 Å². The van der Waals surface area contributed by atoms with Crippen LogP contribution < -0.4 is 10.6 Å². The predicted octanol–water partition coefficient (Wildman–Crippen LogP) is -1.06. The quantitative estimate of drug-likeness (QED) is 0.589. The van der Waals surface area contributed by atoms with Gasteiger partial charge in [-0.15, -0.1) is 0 Å². The van der Waals surface area contributed by atoms with Gasteiger partial charge in [-0.05, 0) is 7.05 Å². The lowest BCUT2D eigenvalue weighted by atomic mass is 10.3. The van der Waals surface area contributed by atoms with Gasteiger partial charge in [-0.25, -0.2) is 4.79 Å². The van der Waals surface area contributed by atoms with E-state index in [9.17, 15) is 14.4 Å². The average Bonchev–Trinajstić information content (AvgIpc) is 2.26. The molecule has 2 N–H and O–H groups in total. The first-order chi connectivity index (χ1) is 7.49. The van der Waals surface area contributed by atoms with Crippen molar-refractivity contribution in [2.75, 3.05) is 34.3 Å². The topological polar surface area (TPSA) is 87.7 Å². The van der Waals surface area contributed by atoms with Crippen LogP contribution in [-0.2, 0) is 14.3 Å². The Bertz CT molecular complexity index is 267. The second-order valence-electron chi connectivity index (χ2n) is 3.19. The minimum absolute atomic E-state index is 0.115. The third kappa shape index (κ3) is 6.77. The van der Waals surface area contributed by atoms with Gasteiger partial charge in [0.15, 0.2) is 0 Å². The Morgan fingerprint density at radius 1 is 1.31 bits per heavy atom. The van der Waals surface area contributed by atoms with Crippen LogP contribution in [0.3, 0.4) is 0 Å². The number of imide groups is 1. The first-order valence-corrected chi connectivity index (χ1v) is 4.76. The third-order valence-corrected chi connectivity index (χ3v) is 1.83. The monoisotopic (exact) mass is 231 g/mol. The smallest absolute Gasteiger partial charge is 0.321 e. The fourth-order valence-corrected chi connectivity index (χ4v) is 0.908. The van der Waals surface area contributed by atoms with Gasteiger partial charge in [0.05, 0.1) is 13.7 Å². The van der Waals surface area contributed by atoms with Gasteiger partial charge < -0.3 is 10.1 Å². The van der Waals surface area contributed by atoms with E-state index in [0.29, 0.717) is 6.54 Å². The van der Waals surface area contributed by atoms with Gasteiger partial charge in [-0.1, -0.05) is 0 Å². The highest BCUT2D eigenvalue weighted by molar-refractivity contribution is 5.94. The van der Waals surface area contributed by atoms with E-state index in [4.69, 9.17) is 0 Å². The van der Waals surface area contributed by atoms with Crippen molar-refractivity contribution in [3.63, 3.8) is 0 Å². The number of methoxy groups -OCH3 is 1. The lowest BCUT2D eigenvalue weighted by Crippen LogP contribution is -2.39. The molecule has 0 rings (SSSR count). The second kappa shape index (κ2) is 7.63. The van der Waals surface area contributed by atoms with E-state index in [1.165, 1.54) is 14.2 Å². The third-order valence-electron chi connectivity index (χ3n) is 1.83. The first kappa shape index (κ1) is 14.4. The number of hydrogen-bond donors (Lipinski definition) is 2. The minimum atomic E-state index is -0.541. The van der Waals surface area contributed by atoms with E-state index < -0.39 is 11.9 Å². The Morgan fingerprint density at radius 2 is 1.94 bits per heavy atom. The van der Waals surface area contributed by atoms with Gasteiger partial charge in [-0.3, -0.25) is 19.8 Å². The van der Waals surface area contributed by atoms with Crippen LogP contribution in [0.15, 0.2) is 0 Å². The number of nitrogens with zero attached hydrogens (tertiary/aromatic N) is 1. The summed E-state index contributed by atoms with van der Waals surface area (Å²) in [4.78, 5) is 34.4. The van der Waals surface area contributed by atoms with Crippen molar-refractivity contribution < 1.29 is 19.1 Å². The molecular weight excluding hydrogens is 214 g/mol. The molecule has 0 aliphatic rings. The molecular formula is C9H17N3O4. The molecule has 16 heavy (non-hydrogen) atoms. The van der Waals surface area contributed by atoms with Crippen LogP contribution >= 0.6 is 0 Å². The number of urea groups is 1. The molecule has 92 valence electrons. The number of amides is 3. The molecule has 7 heteroatoms. The van der Waals surface area contributed by atoms with E-state index >= 15 is 0 Å². The number of esters is 1. The summed E-state index contributed by atoms with van der Waals surface area (Å²) < 4.78 is 4.46. The van der Waals surface area contributed by atoms with Crippen molar-refractivity contribution in [2.24, 2.45) is 0 Å². The molecule has 0 aromatic rings. The zero-order valence-corrected chi connectivity index (χ0v) is 9.70. The second-order valence-corrected chi connectivity index (χ2v) is 3.19. The van der Waals surface area contributed by atoms with Gasteiger partial charge in [0.25, 0.3) is 0 Å². The van der Waals surface area contributed by atoms with Crippen molar-refractivity contribution in [3.05, 3.63) is 0 Å². The van der Waals surface area contributed by atoms with Crippen LogP contribution in [-0.4, -0.2) is 57.1 Å². The summed E-state index contributed by atoms with van der Waals surface area (Å²) in [6.07, 6.45) is 0.140. The van der Waals surface area contributed by atoms with Gasteiger partial charge >= 0.3 is 12.0 Å². The van der Waals surface area contributed by atoms with E-state index in [0.717, 1.165) is 0 Å². The maximum Gasteiger partial charge on any atom is 0.321 e. The van der Waals surface area contributed by atoms with Crippen molar-refractivity contribution in [1.82, 2.24) is 15.5 Å². The molecule has 0 saturated carbocycles. The summed E-state index contributed by atoms with van der Waals surface area (Å²) in [6.45, 7) is 0.488. The average molecular weight is 231 g/mol. The number of ether oxygens (including phenoxy) is 1. The molecule has 0 saturated heterocycles. The summed E-state index contributed by atoms with van der Waals surface area (Å²) in [5.74, 6) is -0.759. The predicted molar refractivity (Wildman–Crippen MR) is 56.7 cm³/mol. The molecule has 3 amide bonds. The van der Waals surface area contributed by atoms with Crippen molar-refractivity contribution in [2.45, 2.75) is 6.42 Å². The van der Waals surface area contributed by atoms with E-state index in [1.54, 1.807) is 11.9 Å². The SMILES string of the molecule is CNC(=O)NC(=O)CCN(C)CC(=O)OC.